The maximum Gasteiger partial charge on any atom is 0.336 e. The first-order valence-corrected chi connectivity index (χ1v) is 14.0. The largest absolute Gasteiger partial charge is 0.504 e. The van der Waals surface area contributed by atoms with Crippen LogP contribution >= 0.6 is 23.1 Å². The minimum Gasteiger partial charge on any atom is -0.504 e. The van der Waals surface area contributed by atoms with Gasteiger partial charge in [-0.3, -0.25) is 4.79 Å². The van der Waals surface area contributed by atoms with Gasteiger partial charge in [0, 0.05) is 45.9 Å². The van der Waals surface area contributed by atoms with Crippen LogP contribution < -0.4 is 10.1 Å². The van der Waals surface area contributed by atoms with E-state index in [1.54, 1.807) is 41.3 Å². The quantitative estimate of drug-likeness (QED) is 0.338. The van der Waals surface area contributed by atoms with Gasteiger partial charge in [-0.25, -0.2) is 4.79 Å². The van der Waals surface area contributed by atoms with E-state index in [2.05, 4.69) is 18.3 Å². The van der Waals surface area contributed by atoms with Crippen molar-refractivity contribution in [1.29, 1.82) is 0 Å². The molecule has 0 saturated heterocycles. The van der Waals surface area contributed by atoms with Crippen molar-refractivity contribution in [2.75, 3.05) is 24.7 Å². The molecule has 6 nitrogen and oxygen atoms in total. The SMILES string of the molecule is CCOc1cc([C@@H]2C(C(=O)OCCSCC)=C(C)NC3=C2C(=O)C[C@@H](c2cccs2)C3)ccc1O. The second-order valence-corrected chi connectivity index (χ2v) is 10.9. The van der Waals surface area contributed by atoms with Crippen molar-refractivity contribution in [2.24, 2.45) is 0 Å². The summed E-state index contributed by atoms with van der Waals surface area (Å²) in [5, 5.41) is 15.7. The van der Waals surface area contributed by atoms with E-state index >= 15 is 0 Å². The van der Waals surface area contributed by atoms with E-state index in [0.29, 0.717) is 48.6 Å². The standard InChI is InChI=1S/C27H31NO5S2/c1-4-32-22-15-17(8-9-20(22)29)25-24(27(31)33-10-12-34-5-2)16(3)28-19-13-18(14-21(30)26(19)25)23-7-6-11-35-23/h6-9,11,15,18,25,28-29H,4-5,10,12-14H2,1-3H3/t18-,25+/m0/s1. The molecule has 2 heterocycles. The van der Waals surface area contributed by atoms with Crippen molar-refractivity contribution in [3.05, 3.63) is 68.7 Å². The molecule has 0 bridgehead atoms. The zero-order valence-corrected chi connectivity index (χ0v) is 21.9. The van der Waals surface area contributed by atoms with Crippen molar-refractivity contribution in [2.45, 2.75) is 45.4 Å². The number of hydrogen-bond donors (Lipinski definition) is 2. The molecule has 0 spiro atoms. The molecule has 0 unspecified atom stereocenters. The number of esters is 1. The third-order valence-corrected chi connectivity index (χ3v) is 8.17. The fraction of sp³-hybridized carbons (Fsp3) is 0.407. The Morgan fingerprint density at radius 3 is 2.80 bits per heavy atom. The highest BCUT2D eigenvalue weighted by molar-refractivity contribution is 7.99. The second kappa shape index (κ2) is 11.4. The summed E-state index contributed by atoms with van der Waals surface area (Å²) in [5.41, 5.74) is 3.30. The van der Waals surface area contributed by atoms with Gasteiger partial charge in [0.05, 0.1) is 12.2 Å². The molecular formula is C27H31NO5S2. The number of rotatable bonds is 9. The van der Waals surface area contributed by atoms with Crippen LogP contribution in [0.15, 0.2) is 58.3 Å². The average Bonchev–Trinajstić information content (AvgIpc) is 3.37. The Balaban J connectivity index is 1.75. The highest BCUT2D eigenvalue weighted by Gasteiger charge is 2.41. The number of aromatic hydroxyl groups is 1. The number of carbonyl (C=O) groups is 2. The molecule has 2 atom stereocenters. The molecule has 35 heavy (non-hydrogen) atoms. The molecule has 2 aromatic rings. The number of ether oxygens (including phenoxy) is 2. The summed E-state index contributed by atoms with van der Waals surface area (Å²) in [7, 11) is 0. The molecule has 0 saturated carbocycles. The van der Waals surface area contributed by atoms with E-state index in [0.717, 1.165) is 22.8 Å². The molecule has 2 aliphatic rings. The van der Waals surface area contributed by atoms with Gasteiger partial charge in [0.1, 0.15) is 6.61 Å². The number of nitrogens with one attached hydrogen (secondary N) is 1. The molecule has 1 aliphatic heterocycles. The molecule has 1 aliphatic carbocycles. The fourth-order valence-electron chi connectivity index (χ4n) is 4.76. The third kappa shape index (κ3) is 5.43. The van der Waals surface area contributed by atoms with Crippen LogP contribution in [0.3, 0.4) is 0 Å². The zero-order chi connectivity index (χ0) is 24.9. The Kier molecular flexibility index (Phi) is 8.23. The van der Waals surface area contributed by atoms with E-state index < -0.39 is 11.9 Å². The molecule has 0 radical (unpaired) electrons. The molecule has 2 N–H and O–H groups in total. The number of phenols is 1. The number of ketones is 1. The Morgan fingerprint density at radius 2 is 2.09 bits per heavy atom. The summed E-state index contributed by atoms with van der Waals surface area (Å²) >= 11 is 3.37. The minimum atomic E-state index is -0.589. The number of thiophene rings is 1. The number of hydrogen-bond acceptors (Lipinski definition) is 8. The van der Waals surface area contributed by atoms with Gasteiger partial charge in [0.15, 0.2) is 17.3 Å². The second-order valence-electron chi connectivity index (χ2n) is 8.53. The molecule has 4 rings (SSSR count). The third-order valence-electron chi connectivity index (χ3n) is 6.28. The van der Waals surface area contributed by atoms with Crippen LogP contribution in [0.25, 0.3) is 0 Å². The van der Waals surface area contributed by atoms with Crippen LogP contribution in [0.2, 0.25) is 0 Å². The Bertz CT molecular complexity index is 1150. The molecule has 0 fully saturated rings. The van der Waals surface area contributed by atoms with Gasteiger partial charge in [0.25, 0.3) is 0 Å². The van der Waals surface area contributed by atoms with Crippen LogP contribution in [0.5, 0.6) is 11.5 Å². The molecule has 186 valence electrons. The number of thioether (sulfide) groups is 1. The Morgan fingerprint density at radius 1 is 1.26 bits per heavy atom. The van der Waals surface area contributed by atoms with Crippen molar-refractivity contribution >= 4 is 34.9 Å². The van der Waals surface area contributed by atoms with Crippen LogP contribution in [0.1, 0.15) is 55.9 Å². The Hall–Kier alpha value is -2.71. The highest BCUT2D eigenvalue weighted by atomic mass is 32.2. The topological polar surface area (TPSA) is 84.9 Å². The van der Waals surface area contributed by atoms with Crippen molar-refractivity contribution in [1.82, 2.24) is 5.32 Å². The lowest BCUT2D eigenvalue weighted by Crippen LogP contribution is -2.36. The first-order chi connectivity index (χ1) is 16.9. The van der Waals surface area contributed by atoms with E-state index in [4.69, 9.17) is 9.47 Å². The maximum atomic E-state index is 13.6. The summed E-state index contributed by atoms with van der Waals surface area (Å²) in [6.45, 7) is 6.45. The fourth-order valence-corrected chi connectivity index (χ4v) is 6.08. The number of benzene rings is 1. The van der Waals surface area contributed by atoms with Crippen LogP contribution in [-0.4, -0.2) is 41.6 Å². The van der Waals surface area contributed by atoms with E-state index in [9.17, 15) is 14.7 Å². The predicted molar refractivity (Wildman–Crippen MR) is 140 cm³/mol. The monoisotopic (exact) mass is 513 g/mol. The Labute approximate surface area is 214 Å². The smallest absolute Gasteiger partial charge is 0.336 e. The van der Waals surface area contributed by atoms with Gasteiger partial charge in [-0.15, -0.1) is 11.3 Å². The average molecular weight is 514 g/mol. The van der Waals surface area contributed by atoms with Crippen LogP contribution in [-0.2, 0) is 14.3 Å². The number of Topliss-reactive ketones (excluding diaryl/α,β-unsaturated/α-hetero) is 1. The zero-order valence-electron chi connectivity index (χ0n) is 20.3. The van der Waals surface area contributed by atoms with Crippen molar-refractivity contribution in [3.63, 3.8) is 0 Å². The van der Waals surface area contributed by atoms with Gasteiger partial charge in [0.2, 0.25) is 0 Å². The van der Waals surface area contributed by atoms with Gasteiger partial charge in [-0.1, -0.05) is 19.1 Å². The summed E-state index contributed by atoms with van der Waals surface area (Å²) < 4.78 is 11.2. The molecule has 1 aromatic heterocycles. The number of phenolic OH excluding ortho intramolecular Hbond substituents is 1. The summed E-state index contributed by atoms with van der Waals surface area (Å²) in [5.74, 6) is 1.14. The highest BCUT2D eigenvalue weighted by Crippen LogP contribution is 2.47. The first kappa shape index (κ1) is 25.4. The van der Waals surface area contributed by atoms with Gasteiger partial charge >= 0.3 is 5.97 Å². The molecule has 1 aromatic carbocycles. The van der Waals surface area contributed by atoms with Crippen molar-refractivity contribution in [3.8, 4) is 11.5 Å². The lowest BCUT2D eigenvalue weighted by Gasteiger charge is -2.36. The molecule has 8 heteroatoms. The summed E-state index contributed by atoms with van der Waals surface area (Å²) in [6, 6.07) is 9.12. The van der Waals surface area contributed by atoms with Gasteiger partial charge < -0.3 is 19.9 Å². The molecule has 0 amide bonds. The normalized spacial score (nSPS) is 19.9. The minimum absolute atomic E-state index is 0.0209. The van der Waals surface area contributed by atoms with Gasteiger partial charge in [-0.05, 0) is 55.2 Å². The maximum absolute atomic E-state index is 13.6. The van der Waals surface area contributed by atoms with Crippen LogP contribution in [0.4, 0.5) is 0 Å². The number of allylic oxidation sites excluding steroid dienone is 3. The van der Waals surface area contributed by atoms with E-state index in [-0.39, 0.29) is 17.5 Å². The summed E-state index contributed by atoms with van der Waals surface area (Å²) in [6.07, 6.45) is 1.09. The van der Waals surface area contributed by atoms with Crippen LogP contribution in [0, 0.1) is 0 Å². The number of dihydropyridines is 1. The number of carbonyl (C=O) groups excluding carboxylic acids is 2. The first-order valence-electron chi connectivity index (χ1n) is 11.9. The lowest BCUT2D eigenvalue weighted by molar-refractivity contribution is -0.138. The molecular weight excluding hydrogens is 482 g/mol. The van der Waals surface area contributed by atoms with E-state index in [1.807, 2.05) is 25.3 Å². The van der Waals surface area contributed by atoms with Gasteiger partial charge in [-0.2, -0.15) is 11.8 Å². The van der Waals surface area contributed by atoms with E-state index in [1.165, 1.54) is 4.88 Å². The lowest BCUT2D eigenvalue weighted by atomic mass is 9.72. The van der Waals surface area contributed by atoms with Crippen molar-refractivity contribution < 1.29 is 24.2 Å². The predicted octanol–water partition coefficient (Wildman–Crippen LogP) is 5.51. The summed E-state index contributed by atoms with van der Waals surface area (Å²) in [4.78, 5) is 28.1.